The number of nitrogens with zero attached hydrogens (tertiary/aromatic N) is 2. The lowest BCUT2D eigenvalue weighted by atomic mass is 10.2. The number of anilines is 1. The molecule has 1 amide bonds. The third-order valence-electron chi connectivity index (χ3n) is 2.37. The molecule has 0 unspecified atom stereocenters. The Kier molecular flexibility index (Phi) is 3.66. The molecule has 0 saturated heterocycles. The Morgan fingerprint density at radius 2 is 2.22 bits per heavy atom. The number of benzene rings is 1. The van der Waals surface area contributed by atoms with Gasteiger partial charge in [0.2, 0.25) is 0 Å². The SMILES string of the molecule is COc1ccc(Br)c(C(=O)Nc2ccn(C)n2)c1. The lowest BCUT2D eigenvalue weighted by molar-refractivity contribution is 0.102. The average Bonchev–Trinajstić information content (AvgIpc) is 2.75. The van der Waals surface area contributed by atoms with E-state index in [0.717, 1.165) is 0 Å². The van der Waals surface area contributed by atoms with E-state index >= 15 is 0 Å². The second-order valence-electron chi connectivity index (χ2n) is 3.67. The van der Waals surface area contributed by atoms with Crippen LogP contribution in [0.2, 0.25) is 0 Å². The van der Waals surface area contributed by atoms with Crippen LogP contribution in [0.15, 0.2) is 34.9 Å². The first-order chi connectivity index (χ1) is 8.60. The third kappa shape index (κ3) is 2.70. The highest BCUT2D eigenvalue weighted by molar-refractivity contribution is 9.10. The van der Waals surface area contributed by atoms with Crippen molar-refractivity contribution in [3.63, 3.8) is 0 Å². The molecule has 18 heavy (non-hydrogen) atoms. The van der Waals surface area contributed by atoms with E-state index in [2.05, 4.69) is 26.3 Å². The van der Waals surface area contributed by atoms with Crippen molar-refractivity contribution < 1.29 is 9.53 Å². The summed E-state index contributed by atoms with van der Waals surface area (Å²) in [5, 5.41) is 6.80. The fraction of sp³-hybridized carbons (Fsp3) is 0.167. The number of ether oxygens (including phenoxy) is 1. The maximum absolute atomic E-state index is 12.1. The van der Waals surface area contributed by atoms with Crippen molar-refractivity contribution in [1.29, 1.82) is 0 Å². The molecule has 0 spiro atoms. The highest BCUT2D eigenvalue weighted by Gasteiger charge is 2.12. The zero-order valence-electron chi connectivity index (χ0n) is 9.98. The molecular weight excluding hydrogens is 298 g/mol. The van der Waals surface area contributed by atoms with Gasteiger partial charge in [-0.15, -0.1) is 0 Å². The number of halogens is 1. The number of hydrogen-bond donors (Lipinski definition) is 1. The van der Waals surface area contributed by atoms with Crippen LogP contribution in [0.3, 0.4) is 0 Å². The van der Waals surface area contributed by atoms with E-state index < -0.39 is 0 Å². The van der Waals surface area contributed by atoms with Crippen molar-refractivity contribution in [3.05, 3.63) is 40.5 Å². The monoisotopic (exact) mass is 309 g/mol. The van der Waals surface area contributed by atoms with Gasteiger partial charge in [0.15, 0.2) is 5.82 Å². The lowest BCUT2D eigenvalue weighted by Crippen LogP contribution is -2.13. The summed E-state index contributed by atoms with van der Waals surface area (Å²) >= 11 is 3.34. The van der Waals surface area contributed by atoms with Gasteiger partial charge in [-0.3, -0.25) is 9.48 Å². The molecule has 0 atom stereocenters. The van der Waals surface area contributed by atoms with E-state index in [9.17, 15) is 4.79 Å². The molecule has 2 aromatic rings. The Hall–Kier alpha value is -1.82. The zero-order valence-corrected chi connectivity index (χ0v) is 11.6. The number of nitrogens with one attached hydrogen (secondary N) is 1. The molecule has 1 heterocycles. The predicted molar refractivity (Wildman–Crippen MR) is 71.9 cm³/mol. The van der Waals surface area contributed by atoms with E-state index in [1.807, 2.05) is 0 Å². The fourth-order valence-corrected chi connectivity index (χ4v) is 1.90. The number of rotatable bonds is 3. The van der Waals surface area contributed by atoms with Crippen molar-refractivity contribution in [2.45, 2.75) is 0 Å². The summed E-state index contributed by atoms with van der Waals surface area (Å²) < 4.78 is 7.42. The number of carbonyl (C=O) groups excluding carboxylic acids is 1. The lowest BCUT2D eigenvalue weighted by Gasteiger charge is -2.06. The van der Waals surface area contributed by atoms with E-state index in [4.69, 9.17) is 4.74 Å². The first-order valence-electron chi connectivity index (χ1n) is 5.24. The molecule has 0 fully saturated rings. The summed E-state index contributed by atoms with van der Waals surface area (Å²) in [4.78, 5) is 12.1. The average molecular weight is 310 g/mol. The van der Waals surface area contributed by atoms with Gasteiger partial charge < -0.3 is 10.1 Å². The molecule has 0 bridgehead atoms. The molecule has 0 saturated carbocycles. The maximum atomic E-state index is 12.1. The Balaban J connectivity index is 2.23. The van der Waals surface area contributed by atoms with Crippen LogP contribution < -0.4 is 10.1 Å². The summed E-state index contributed by atoms with van der Waals surface area (Å²) in [7, 11) is 3.35. The molecule has 0 aliphatic rings. The quantitative estimate of drug-likeness (QED) is 0.947. The zero-order chi connectivity index (χ0) is 13.1. The molecule has 1 aromatic carbocycles. The minimum absolute atomic E-state index is 0.237. The maximum Gasteiger partial charge on any atom is 0.258 e. The van der Waals surface area contributed by atoms with Gasteiger partial charge in [0.05, 0.1) is 12.7 Å². The fourth-order valence-electron chi connectivity index (χ4n) is 1.47. The Bertz CT molecular complexity index is 580. The van der Waals surface area contributed by atoms with Gasteiger partial charge in [-0.05, 0) is 34.1 Å². The molecular formula is C12H12BrN3O2. The number of amides is 1. The first kappa shape index (κ1) is 12.6. The van der Waals surface area contributed by atoms with Crippen molar-refractivity contribution in [2.24, 2.45) is 7.05 Å². The predicted octanol–water partition coefficient (Wildman–Crippen LogP) is 2.44. The molecule has 0 aliphatic carbocycles. The van der Waals surface area contributed by atoms with Crippen LogP contribution in [-0.2, 0) is 7.05 Å². The minimum atomic E-state index is -0.237. The number of aromatic nitrogens is 2. The smallest absolute Gasteiger partial charge is 0.258 e. The molecule has 0 aliphatic heterocycles. The summed E-state index contributed by atoms with van der Waals surface area (Å²) in [6, 6.07) is 6.95. The van der Waals surface area contributed by atoms with Gasteiger partial charge in [0.25, 0.3) is 5.91 Å². The van der Waals surface area contributed by atoms with Crippen LogP contribution in [0.1, 0.15) is 10.4 Å². The minimum Gasteiger partial charge on any atom is -0.497 e. The molecule has 2 rings (SSSR count). The summed E-state index contributed by atoms with van der Waals surface area (Å²) in [6.07, 6.45) is 1.76. The van der Waals surface area contributed by atoms with Gasteiger partial charge >= 0.3 is 0 Å². The number of hydrogen-bond acceptors (Lipinski definition) is 3. The Morgan fingerprint density at radius 1 is 1.44 bits per heavy atom. The van der Waals surface area contributed by atoms with E-state index in [1.165, 1.54) is 0 Å². The van der Waals surface area contributed by atoms with Crippen LogP contribution >= 0.6 is 15.9 Å². The molecule has 0 radical (unpaired) electrons. The molecule has 1 N–H and O–H groups in total. The van der Waals surface area contributed by atoms with Gasteiger partial charge in [-0.1, -0.05) is 0 Å². The largest absolute Gasteiger partial charge is 0.497 e. The molecule has 1 aromatic heterocycles. The summed E-state index contributed by atoms with van der Waals surface area (Å²) in [5.41, 5.74) is 0.500. The van der Waals surface area contributed by atoms with Crippen LogP contribution in [-0.4, -0.2) is 22.8 Å². The van der Waals surface area contributed by atoms with Crippen molar-refractivity contribution in [2.75, 3.05) is 12.4 Å². The van der Waals surface area contributed by atoms with E-state index in [-0.39, 0.29) is 5.91 Å². The highest BCUT2D eigenvalue weighted by atomic mass is 79.9. The van der Waals surface area contributed by atoms with Crippen LogP contribution in [0.5, 0.6) is 5.75 Å². The summed E-state index contributed by atoms with van der Waals surface area (Å²) in [6.45, 7) is 0. The topological polar surface area (TPSA) is 56.1 Å². The van der Waals surface area contributed by atoms with Gasteiger partial charge in [0, 0.05) is 23.8 Å². The Labute approximate surface area is 113 Å². The first-order valence-corrected chi connectivity index (χ1v) is 6.04. The van der Waals surface area contributed by atoms with Crippen molar-refractivity contribution in [3.8, 4) is 5.75 Å². The number of methoxy groups -OCH3 is 1. The molecule has 6 heteroatoms. The standard InChI is InChI=1S/C12H12BrN3O2/c1-16-6-5-11(15-16)14-12(17)9-7-8(18-2)3-4-10(9)13/h3-7H,1-2H3,(H,14,15,17). The summed E-state index contributed by atoms with van der Waals surface area (Å²) in [5.74, 6) is 0.904. The van der Waals surface area contributed by atoms with Crippen molar-refractivity contribution >= 4 is 27.7 Å². The van der Waals surface area contributed by atoms with Crippen LogP contribution in [0.4, 0.5) is 5.82 Å². The third-order valence-corrected chi connectivity index (χ3v) is 3.06. The van der Waals surface area contributed by atoms with Crippen LogP contribution in [0.25, 0.3) is 0 Å². The number of aryl methyl sites for hydroxylation is 1. The Morgan fingerprint density at radius 3 is 2.83 bits per heavy atom. The molecule has 5 nitrogen and oxygen atoms in total. The van der Waals surface area contributed by atoms with Crippen LogP contribution in [0, 0.1) is 0 Å². The van der Waals surface area contributed by atoms with Gasteiger partial charge in [0.1, 0.15) is 5.75 Å². The second kappa shape index (κ2) is 5.22. The van der Waals surface area contributed by atoms with Gasteiger partial charge in [-0.25, -0.2) is 0 Å². The second-order valence-corrected chi connectivity index (χ2v) is 4.53. The highest BCUT2D eigenvalue weighted by Crippen LogP contribution is 2.23. The van der Waals surface area contributed by atoms with E-state index in [1.54, 1.807) is 49.3 Å². The van der Waals surface area contributed by atoms with Crippen molar-refractivity contribution in [1.82, 2.24) is 9.78 Å². The molecule has 94 valence electrons. The van der Waals surface area contributed by atoms with Gasteiger partial charge in [-0.2, -0.15) is 5.10 Å². The number of carbonyl (C=O) groups is 1. The normalized spacial score (nSPS) is 10.2. The van der Waals surface area contributed by atoms with E-state index in [0.29, 0.717) is 21.6 Å².